The number of para-hydroxylation sites is 1. The number of carbonyl (C=O) groups excluding carboxylic acids is 1. The van der Waals surface area contributed by atoms with Crippen LogP contribution in [0.2, 0.25) is 5.02 Å². The van der Waals surface area contributed by atoms with Gasteiger partial charge in [-0.3, -0.25) is 9.69 Å². The number of nitrogens with zero attached hydrogens (tertiary/aromatic N) is 2. The molecular formula is C24H28ClFN2O2. The minimum atomic E-state index is -0.373. The second-order valence-electron chi connectivity index (χ2n) is 8.19. The maximum atomic E-state index is 13.7. The van der Waals surface area contributed by atoms with Crippen LogP contribution >= 0.6 is 11.6 Å². The lowest BCUT2D eigenvalue weighted by Crippen LogP contribution is -2.38. The molecule has 2 fully saturated rings. The van der Waals surface area contributed by atoms with Crippen LogP contribution in [-0.4, -0.2) is 48.0 Å². The Balaban J connectivity index is 1.34. The zero-order valence-electron chi connectivity index (χ0n) is 17.2. The van der Waals surface area contributed by atoms with Gasteiger partial charge in [0, 0.05) is 32.7 Å². The second-order valence-corrected chi connectivity index (χ2v) is 8.60. The summed E-state index contributed by atoms with van der Waals surface area (Å²) >= 11 is 5.77. The molecule has 0 saturated carbocycles. The summed E-state index contributed by atoms with van der Waals surface area (Å²) in [6.45, 7) is 4.10. The highest BCUT2D eigenvalue weighted by Crippen LogP contribution is 2.26. The molecule has 2 saturated heterocycles. The Labute approximate surface area is 182 Å². The van der Waals surface area contributed by atoms with E-state index in [0.29, 0.717) is 17.9 Å². The van der Waals surface area contributed by atoms with Gasteiger partial charge < -0.3 is 9.64 Å². The van der Waals surface area contributed by atoms with Crippen LogP contribution in [0.25, 0.3) is 0 Å². The Kier molecular flexibility index (Phi) is 6.90. The van der Waals surface area contributed by atoms with Gasteiger partial charge in [-0.2, -0.15) is 0 Å². The van der Waals surface area contributed by atoms with Gasteiger partial charge >= 0.3 is 0 Å². The third kappa shape index (κ3) is 5.13. The first-order valence-electron chi connectivity index (χ1n) is 10.8. The van der Waals surface area contributed by atoms with Gasteiger partial charge in [0.2, 0.25) is 0 Å². The maximum absolute atomic E-state index is 13.7. The van der Waals surface area contributed by atoms with Crippen LogP contribution in [-0.2, 0) is 6.54 Å². The van der Waals surface area contributed by atoms with Crippen LogP contribution in [0, 0.1) is 5.82 Å². The van der Waals surface area contributed by atoms with Gasteiger partial charge in [-0.1, -0.05) is 29.8 Å². The number of hydrogen-bond acceptors (Lipinski definition) is 3. The van der Waals surface area contributed by atoms with Crippen molar-refractivity contribution in [2.24, 2.45) is 0 Å². The molecule has 4 rings (SSSR count). The molecule has 0 N–H and O–H groups in total. The fourth-order valence-corrected chi connectivity index (χ4v) is 4.39. The first-order valence-corrected chi connectivity index (χ1v) is 11.2. The lowest BCUT2D eigenvalue weighted by molar-refractivity contribution is 0.0702. The number of amides is 1. The SMILES string of the molecule is O=C(c1ccccc1OC1CCN(Cc2ccc(Cl)c(F)c2)CC1)N1CCCCC1. The summed E-state index contributed by atoms with van der Waals surface area (Å²) in [6, 6.07) is 12.6. The first-order chi connectivity index (χ1) is 14.6. The van der Waals surface area contributed by atoms with Crippen molar-refractivity contribution in [2.75, 3.05) is 26.2 Å². The molecule has 0 bridgehead atoms. The molecule has 6 heteroatoms. The lowest BCUT2D eigenvalue weighted by Gasteiger charge is -2.33. The molecule has 2 aromatic carbocycles. The smallest absolute Gasteiger partial charge is 0.257 e. The van der Waals surface area contributed by atoms with Gasteiger partial charge in [-0.15, -0.1) is 0 Å². The summed E-state index contributed by atoms with van der Waals surface area (Å²) in [6.07, 6.45) is 5.18. The van der Waals surface area contributed by atoms with E-state index in [2.05, 4.69) is 4.90 Å². The van der Waals surface area contributed by atoms with Gasteiger partial charge in [-0.25, -0.2) is 4.39 Å². The molecule has 2 aliphatic heterocycles. The third-order valence-corrected chi connectivity index (χ3v) is 6.29. The molecular weight excluding hydrogens is 403 g/mol. The zero-order valence-corrected chi connectivity index (χ0v) is 17.9. The molecule has 30 heavy (non-hydrogen) atoms. The van der Waals surface area contributed by atoms with Gasteiger partial charge in [0.1, 0.15) is 17.7 Å². The van der Waals surface area contributed by atoms with Gasteiger partial charge in [0.15, 0.2) is 0 Å². The van der Waals surface area contributed by atoms with Crippen LogP contribution in [0.5, 0.6) is 5.75 Å². The van der Waals surface area contributed by atoms with Crippen molar-refractivity contribution in [3.8, 4) is 5.75 Å². The highest BCUT2D eigenvalue weighted by Gasteiger charge is 2.25. The average Bonchev–Trinajstić information content (AvgIpc) is 2.78. The summed E-state index contributed by atoms with van der Waals surface area (Å²) in [4.78, 5) is 17.2. The molecule has 1 amide bonds. The van der Waals surface area contributed by atoms with Crippen molar-refractivity contribution in [1.82, 2.24) is 9.80 Å². The molecule has 2 heterocycles. The highest BCUT2D eigenvalue weighted by atomic mass is 35.5. The van der Waals surface area contributed by atoms with Crippen LogP contribution in [0.15, 0.2) is 42.5 Å². The molecule has 0 unspecified atom stereocenters. The normalized spacial score (nSPS) is 18.4. The predicted molar refractivity (Wildman–Crippen MR) is 117 cm³/mol. The zero-order chi connectivity index (χ0) is 20.9. The van der Waals surface area contributed by atoms with E-state index in [0.717, 1.165) is 57.4 Å². The molecule has 160 valence electrons. The molecule has 4 nitrogen and oxygen atoms in total. The van der Waals surface area contributed by atoms with Crippen LogP contribution < -0.4 is 4.74 Å². The minimum Gasteiger partial charge on any atom is -0.489 e. The van der Waals surface area contributed by atoms with Gasteiger partial charge in [-0.05, 0) is 61.9 Å². The van der Waals surface area contributed by atoms with Crippen LogP contribution in [0.4, 0.5) is 4.39 Å². The number of hydrogen-bond donors (Lipinski definition) is 0. The molecule has 0 radical (unpaired) electrons. The second kappa shape index (κ2) is 9.80. The number of halogens is 2. The largest absolute Gasteiger partial charge is 0.489 e. The van der Waals surface area contributed by atoms with Crippen molar-refractivity contribution in [3.05, 3.63) is 64.4 Å². The van der Waals surface area contributed by atoms with Crippen molar-refractivity contribution < 1.29 is 13.9 Å². The first kappa shape index (κ1) is 21.1. The van der Waals surface area contributed by atoms with E-state index in [9.17, 15) is 9.18 Å². The number of carbonyl (C=O) groups is 1. The van der Waals surface area contributed by atoms with E-state index >= 15 is 0 Å². The quantitative estimate of drug-likeness (QED) is 0.657. The van der Waals surface area contributed by atoms with Crippen LogP contribution in [0.1, 0.15) is 48.0 Å². The van der Waals surface area contributed by atoms with Crippen molar-refractivity contribution in [1.29, 1.82) is 0 Å². The molecule has 2 aromatic rings. The summed E-state index contributed by atoms with van der Waals surface area (Å²) < 4.78 is 20.0. The fourth-order valence-electron chi connectivity index (χ4n) is 4.27. The standard InChI is InChI=1S/C24H28ClFN2O2/c25-21-9-8-18(16-22(21)26)17-27-14-10-19(11-15-27)30-23-7-3-2-6-20(23)24(29)28-12-4-1-5-13-28/h2-3,6-9,16,19H,1,4-5,10-15,17H2. The Morgan fingerprint density at radius 3 is 2.50 bits per heavy atom. The molecule has 0 aromatic heterocycles. The number of piperidine rings is 2. The molecule has 0 atom stereocenters. The van der Waals surface area contributed by atoms with Crippen molar-refractivity contribution in [3.63, 3.8) is 0 Å². The monoisotopic (exact) mass is 430 g/mol. The Hall–Kier alpha value is -2.11. The summed E-state index contributed by atoms with van der Waals surface area (Å²) in [7, 11) is 0. The third-order valence-electron chi connectivity index (χ3n) is 5.98. The molecule has 2 aliphatic rings. The fraction of sp³-hybridized carbons (Fsp3) is 0.458. The summed E-state index contributed by atoms with van der Waals surface area (Å²) in [5.41, 5.74) is 1.59. The highest BCUT2D eigenvalue weighted by molar-refractivity contribution is 6.30. The Morgan fingerprint density at radius 1 is 1.03 bits per heavy atom. The minimum absolute atomic E-state index is 0.0764. The topological polar surface area (TPSA) is 32.8 Å². The van der Waals surface area contributed by atoms with Crippen molar-refractivity contribution in [2.45, 2.75) is 44.8 Å². The number of rotatable bonds is 5. The van der Waals surface area contributed by atoms with Crippen LogP contribution in [0.3, 0.4) is 0 Å². The predicted octanol–water partition coefficient (Wildman–Crippen LogP) is 5.15. The van der Waals surface area contributed by atoms with Gasteiger partial charge in [0.25, 0.3) is 5.91 Å². The average molecular weight is 431 g/mol. The van der Waals surface area contributed by atoms with E-state index in [4.69, 9.17) is 16.3 Å². The van der Waals surface area contributed by atoms with E-state index in [-0.39, 0.29) is 22.9 Å². The maximum Gasteiger partial charge on any atom is 0.257 e. The molecule has 0 aliphatic carbocycles. The number of ether oxygens (including phenoxy) is 1. The Morgan fingerprint density at radius 2 is 1.77 bits per heavy atom. The van der Waals surface area contributed by atoms with Crippen molar-refractivity contribution >= 4 is 17.5 Å². The van der Waals surface area contributed by atoms with E-state index in [1.54, 1.807) is 6.07 Å². The van der Waals surface area contributed by atoms with E-state index in [1.165, 1.54) is 12.5 Å². The number of likely N-dealkylation sites (tertiary alicyclic amines) is 2. The van der Waals surface area contributed by atoms with E-state index < -0.39 is 0 Å². The lowest BCUT2D eigenvalue weighted by atomic mass is 10.1. The Bertz CT molecular complexity index is 877. The number of benzene rings is 2. The summed E-state index contributed by atoms with van der Waals surface area (Å²) in [5, 5.41) is 0.156. The van der Waals surface area contributed by atoms with E-state index in [1.807, 2.05) is 35.2 Å². The molecule has 0 spiro atoms. The van der Waals surface area contributed by atoms with Gasteiger partial charge in [0.05, 0.1) is 10.6 Å². The summed E-state index contributed by atoms with van der Waals surface area (Å²) in [5.74, 6) is 0.390.